The third-order valence-corrected chi connectivity index (χ3v) is 4.06. The maximum absolute atomic E-state index is 12.8. The van der Waals surface area contributed by atoms with Crippen LogP contribution in [0.4, 0.5) is 13.2 Å². The van der Waals surface area contributed by atoms with E-state index in [9.17, 15) is 18.0 Å². The van der Waals surface area contributed by atoms with Crippen LogP contribution in [0.1, 0.15) is 21.7 Å². The molecule has 1 aromatic heterocycles. The van der Waals surface area contributed by atoms with Gasteiger partial charge in [-0.15, -0.1) is 0 Å². The van der Waals surface area contributed by atoms with E-state index >= 15 is 0 Å². The molecule has 128 valence electrons. The number of benzene rings is 1. The van der Waals surface area contributed by atoms with Crippen LogP contribution in [0.3, 0.4) is 0 Å². The highest BCUT2D eigenvalue weighted by Crippen LogP contribution is 2.29. The van der Waals surface area contributed by atoms with E-state index in [4.69, 9.17) is 4.42 Å². The fourth-order valence-electron chi connectivity index (χ4n) is 2.74. The molecule has 24 heavy (non-hydrogen) atoms. The highest BCUT2D eigenvalue weighted by atomic mass is 19.4. The van der Waals surface area contributed by atoms with Crippen molar-refractivity contribution in [3.63, 3.8) is 0 Å². The summed E-state index contributed by atoms with van der Waals surface area (Å²) in [5.74, 6) is 0.492. The maximum atomic E-state index is 12.8. The first-order valence-electron chi connectivity index (χ1n) is 7.65. The molecule has 0 unspecified atom stereocenters. The highest BCUT2D eigenvalue weighted by molar-refractivity contribution is 5.94. The van der Waals surface area contributed by atoms with Crippen LogP contribution in [-0.4, -0.2) is 41.9 Å². The first-order chi connectivity index (χ1) is 11.4. The summed E-state index contributed by atoms with van der Waals surface area (Å²) >= 11 is 0. The number of furan rings is 1. The number of hydrogen-bond acceptors (Lipinski definition) is 3. The van der Waals surface area contributed by atoms with Gasteiger partial charge in [0, 0.05) is 31.7 Å². The van der Waals surface area contributed by atoms with Crippen molar-refractivity contribution in [3.8, 4) is 0 Å². The lowest BCUT2D eigenvalue weighted by atomic mass is 10.1. The van der Waals surface area contributed by atoms with Gasteiger partial charge in [0.15, 0.2) is 0 Å². The van der Waals surface area contributed by atoms with E-state index in [1.807, 2.05) is 12.1 Å². The number of alkyl halides is 3. The second kappa shape index (κ2) is 6.68. The Morgan fingerprint density at radius 1 is 1.08 bits per heavy atom. The van der Waals surface area contributed by atoms with Gasteiger partial charge in [0.05, 0.1) is 18.4 Å². The average molecular weight is 338 g/mol. The molecule has 1 aromatic carbocycles. The molecule has 1 saturated heterocycles. The summed E-state index contributed by atoms with van der Waals surface area (Å²) in [6.07, 6.45) is -2.83. The van der Waals surface area contributed by atoms with Crippen molar-refractivity contribution < 1.29 is 22.4 Å². The fraction of sp³-hybridized carbons (Fsp3) is 0.353. The van der Waals surface area contributed by atoms with Gasteiger partial charge in [-0.1, -0.05) is 6.07 Å². The van der Waals surface area contributed by atoms with Gasteiger partial charge in [-0.3, -0.25) is 9.69 Å². The van der Waals surface area contributed by atoms with E-state index in [-0.39, 0.29) is 11.5 Å². The number of carbonyl (C=O) groups excluding carboxylic acids is 1. The van der Waals surface area contributed by atoms with E-state index in [1.165, 1.54) is 12.1 Å². The smallest absolute Gasteiger partial charge is 0.416 e. The molecule has 2 aromatic rings. The first kappa shape index (κ1) is 16.6. The Labute approximate surface area is 137 Å². The average Bonchev–Trinajstić information content (AvgIpc) is 3.07. The molecule has 0 spiro atoms. The number of amides is 1. The number of nitrogens with zero attached hydrogens (tertiary/aromatic N) is 2. The Morgan fingerprint density at radius 3 is 2.46 bits per heavy atom. The Hall–Kier alpha value is -2.28. The largest absolute Gasteiger partial charge is 0.468 e. The number of hydrogen-bond donors (Lipinski definition) is 0. The minimum absolute atomic E-state index is 0.0734. The molecule has 4 nitrogen and oxygen atoms in total. The molecule has 0 aliphatic carbocycles. The van der Waals surface area contributed by atoms with Crippen LogP contribution in [0, 0.1) is 0 Å². The van der Waals surface area contributed by atoms with Gasteiger partial charge in [0.25, 0.3) is 5.91 Å². The van der Waals surface area contributed by atoms with Gasteiger partial charge >= 0.3 is 6.18 Å². The van der Waals surface area contributed by atoms with Crippen LogP contribution in [0.15, 0.2) is 47.1 Å². The van der Waals surface area contributed by atoms with Crippen molar-refractivity contribution in [2.75, 3.05) is 26.2 Å². The summed E-state index contributed by atoms with van der Waals surface area (Å²) in [7, 11) is 0. The Morgan fingerprint density at radius 2 is 1.83 bits per heavy atom. The highest BCUT2D eigenvalue weighted by Gasteiger charge is 2.31. The maximum Gasteiger partial charge on any atom is 0.416 e. The third-order valence-electron chi connectivity index (χ3n) is 4.06. The zero-order valence-corrected chi connectivity index (χ0v) is 12.9. The number of halogens is 3. The van der Waals surface area contributed by atoms with Crippen molar-refractivity contribution in [1.29, 1.82) is 0 Å². The van der Waals surface area contributed by atoms with E-state index in [1.54, 1.807) is 11.2 Å². The summed E-state index contributed by atoms with van der Waals surface area (Å²) in [6.45, 7) is 2.95. The molecule has 3 rings (SSSR count). The van der Waals surface area contributed by atoms with Crippen LogP contribution in [0.5, 0.6) is 0 Å². The molecule has 0 bridgehead atoms. The van der Waals surface area contributed by atoms with Crippen LogP contribution in [-0.2, 0) is 12.7 Å². The van der Waals surface area contributed by atoms with Gasteiger partial charge < -0.3 is 9.32 Å². The van der Waals surface area contributed by atoms with Crippen molar-refractivity contribution in [2.45, 2.75) is 12.7 Å². The van der Waals surface area contributed by atoms with E-state index < -0.39 is 11.7 Å². The molecule has 1 amide bonds. The standard InChI is InChI=1S/C17H17F3N2O2/c18-17(19,20)14-4-1-3-13(11-14)16(23)22-8-6-21(7-9-22)12-15-5-2-10-24-15/h1-5,10-11H,6-9,12H2. The molecule has 1 aliphatic heterocycles. The summed E-state index contributed by atoms with van der Waals surface area (Å²) in [4.78, 5) is 16.2. The molecule has 7 heteroatoms. The molecule has 0 radical (unpaired) electrons. The van der Waals surface area contributed by atoms with Gasteiger partial charge in [0.1, 0.15) is 5.76 Å². The molecule has 0 atom stereocenters. The summed E-state index contributed by atoms with van der Waals surface area (Å²) < 4.78 is 43.6. The molecular formula is C17H17F3N2O2. The molecule has 1 aliphatic rings. The summed E-state index contributed by atoms with van der Waals surface area (Å²) in [5.41, 5.74) is -0.728. The first-order valence-corrected chi connectivity index (χ1v) is 7.65. The van der Waals surface area contributed by atoms with Gasteiger partial charge in [-0.25, -0.2) is 0 Å². The molecule has 0 N–H and O–H groups in total. The topological polar surface area (TPSA) is 36.7 Å². The predicted molar refractivity (Wildman–Crippen MR) is 81.3 cm³/mol. The predicted octanol–water partition coefficient (Wildman–Crippen LogP) is 3.26. The lowest BCUT2D eigenvalue weighted by Gasteiger charge is -2.34. The van der Waals surface area contributed by atoms with E-state index in [0.717, 1.165) is 17.9 Å². The van der Waals surface area contributed by atoms with Crippen molar-refractivity contribution >= 4 is 5.91 Å². The fourth-order valence-corrected chi connectivity index (χ4v) is 2.74. The summed E-state index contributed by atoms with van der Waals surface area (Å²) in [6, 6.07) is 8.29. The number of rotatable bonds is 3. The van der Waals surface area contributed by atoms with Gasteiger partial charge in [-0.2, -0.15) is 13.2 Å². The molecule has 2 heterocycles. The van der Waals surface area contributed by atoms with Crippen LogP contribution in [0.25, 0.3) is 0 Å². The zero-order valence-electron chi connectivity index (χ0n) is 12.9. The summed E-state index contributed by atoms with van der Waals surface area (Å²) in [5, 5.41) is 0. The molecule has 0 saturated carbocycles. The quantitative estimate of drug-likeness (QED) is 0.862. The molecule has 1 fully saturated rings. The van der Waals surface area contributed by atoms with Crippen molar-refractivity contribution in [1.82, 2.24) is 9.80 Å². The Balaban J connectivity index is 1.61. The number of piperazine rings is 1. The SMILES string of the molecule is O=C(c1cccc(C(F)(F)F)c1)N1CCN(Cc2ccco2)CC1. The van der Waals surface area contributed by atoms with Crippen LogP contribution >= 0.6 is 0 Å². The van der Waals surface area contributed by atoms with Crippen molar-refractivity contribution in [2.24, 2.45) is 0 Å². The normalized spacial score (nSPS) is 16.4. The molecular weight excluding hydrogens is 321 g/mol. The number of carbonyl (C=O) groups is 1. The second-order valence-corrected chi connectivity index (χ2v) is 5.73. The monoisotopic (exact) mass is 338 g/mol. The van der Waals surface area contributed by atoms with Gasteiger partial charge in [-0.05, 0) is 30.3 Å². The Kier molecular flexibility index (Phi) is 4.62. The zero-order chi connectivity index (χ0) is 17.2. The minimum Gasteiger partial charge on any atom is -0.468 e. The lowest BCUT2D eigenvalue weighted by molar-refractivity contribution is -0.137. The van der Waals surface area contributed by atoms with Crippen LogP contribution < -0.4 is 0 Å². The lowest BCUT2D eigenvalue weighted by Crippen LogP contribution is -2.48. The van der Waals surface area contributed by atoms with Crippen LogP contribution in [0.2, 0.25) is 0 Å². The van der Waals surface area contributed by atoms with E-state index in [0.29, 0.717) is 32.7 Å². The Bertz CT molecular complexity index is 690. The van der Waals surface area contributed by atoms with Gasteiger partial charge in [0.2, 0.25) is 0 Å². The third kappa shape index (κ3) is 3.79. The minimum atomic E-state index is -4.45. The second-order valence-electron chi connectivity index (χ2n) is 5.73. The van der Waals surface area contributed by atoms with E-state index in [2.05, 4.69) is 4.90 Å². The van der Waals surface area contributed by atoms with Crippen molar-refractivity contribution in [3.05, 3.63) is 59.5 Å².